The molecule has 0 amide bonds. The van der Waals surface area contributed by atoms with E-state index in [1.165, 1.54) is 4.70 Å². The molecule has 2 heterocycles. The number of benzene rings is 1. The van der Waals surface area contributed by atoms with E-state index in [-0.39, 0.29) is 0 Å². The zero-order valence-corrected chi connectivity index (χ0v) is 11.8. The first-order valence-electron chi connectivity index (χ1n) is 6.20. The summed E-state index contributed by atoms with van der Waals surface area (Å²) in [5.74, 6) is 1.62. The molecule has 3 aromatic rings. The number of rotatable bonds is 4. The molecule has 1 N–H and O–H groups in total. The van der Waals surface area contributed by atoms with Gasteiger partial charge in [-0.25, -0.2) is 9.97 Å². The van der Waals surface area contributed by atoms with Gasteiger partial charge in [0.05, 0.1) is 22.5 Å². The highest BCUT2D eigenvalue weighted by molar-refractivity contribution is 7.18. The number of aryl methyl sites for hydroxylation is 2. The van der Waals surface area contributed by atoms with Gasteiger partial charge in [0.1, 0.15) is 10.8 Å². The van der Waals surface area contributed by atoms with Crippen LogP contribution in [0.25, 0.3) is 10.2 Å². The summed E-state index contributed by atoms with van der Waals surface area (Å²) in [6, 6.07) is 8.18. The van der Waals surface area contributed by atoms with Crippen LogP contribution in [0, 0.1) is 13.8 Å². The van der Waals surface area contributed by atoms with Crippen molar-refractivity contribution >= 4 is 21.6 Å². The molecule has 2 aromatic heterocycles. The van der Waals surface area contributed by atoms with Crippen molar-refractivity contribution in [3.05, 3.63) is 46.6 Å². The number of thiazole rings is 1. The van der Waals surface area contributed by atoms with E-state index in [1.807, 2.05) is 32.0 Å². The fourth-order valence-corrected chi connectivity index (χ4v) is 2.82. The number of para-hydroxylation sites is 1. The minimum atomic E-state index is 0.630. The first kappa shape index (κ1) is 12.3. The Morgan fingerprint density at radius 2 is 2.00 bits per heavy atom. The third kappa shape index (κ3) is 2.67. The lowest BCUT2D eigenvalue weighted by Gasteiger charge is -1.97. The molecular formula is C14H15N3OS. The van der Waals surface area contributed by atoms with Gasteiger partial charge < -0.3 is 9.73 Å². The fraction of sp³-hybridized carbons (Fsp3) is 0.286. The van der Waals surface area contributed by atoms with Crippen LogP contribution < -0.4 is 5.32 Å². The monoisotopic (exact) mass is 273 g/mol. The van der Waals surface area contributed by atoms with Crippen molar-refractivity contribution in [3.63, 3.8) is 0 Å². The first-order chi connectivity index (χ1) is 9.22. The third-order valence-corrected chi connectivity index (χ3v) is 4.00. The van der Waals surface area contributed by atoms with Gasteiger partial charge in [-0.2, -0.15) is 0 Å². The van der Waals surface area contributed by atoms with Crippen molar-refractivity contribution < 1.29 is 4.42 Å². The average molecular weight is 273 g/mol. The van der Waals surface area contributed by atoms with Crippen LogP contribution in [0.5, 0.6) is 0 Å². The smallest absolute Gasteiger partial charge is 0.208 e. The van der Waals surface area contributed by atoms with Crippen LogP contribution in [0.15, 0.2) is 28.7 Å². The Morgan fingerprint density at radius 3 is 2.74 bits per heavy atom. The minimum absolute atomic E-state index is 0.630. The Morgan fingerprint density at radius 1 is 1.16 bits per heavy atom. The largest absolute Gasteiger partial charge is 0.444 e. The molecule has 0 fully saturated rings. The Labute approximate surface area is 115 Å². The van der Waals surface area contributed by atoms with Crippen LogP contribution in [0.2, 0.25) is 0 Å². The number of hydrogen-bond acceptors (Lipinski definition) is 5. The van der Waals surface area contributed by atoms with Gasteiger partial charge in [0.2, 0.25) is 5.89 Å². The van der Waals surface area contributed by atoms with Crippen molar-refractivity contribution in [3.8, 4) is 0 Å². The molecular weight excluding hydrogens is 258 g/mol. The molecule has 0 unspecified atom stereocenters. The van der Waals surface area contributed by atoms with E-state index in [1.54, 1.807) is 11.3 Å². The number of fused-ring (bicyclic) bond motifs is 1. The Kier molecular flexibility index (Phi) is 3.31. The summed E-state index contributed by atoms with van der Waals surface area (Å²) in [6.07, 6.45) is 0. The Hall–Kier alpha value is -1.72. The van der Waals surface area contributed by atoms with Crippen molar-refractivity contribution in [1.82, 2.24) is 15.3 Å². The average Bonchev–Trinajstić information content (AvgIpc) is 2.93. The fourth-order valence-electron chi connectivity index (χ4n) is 1.89. The van der Waals surface area contributed by atoms with Crippen LogP contribution in [0.4, 0.5) is 0 Å². The van der Waals surface area contributed by atoms with Crippen molar-refractivity contribution in [2.24, 2.45) is 0 Å². The van der Waals surface area contributed by atoms with Gasteiger partial charge >= 0.3 is 0 Å². The molecule has 5 heteroatoms. The van der Waals surface area contributed by atoms with E-state index in [4.69, 9.17) is 4.42 Å². The number of nitrogens with one attached hydrogen (secondary N) is 1. The van der Waals surface area contributed by atoms with Crippen molar-refractivity contribution in [2.75, 3.05) is 0 Å². The minimum Gasteiger partial charge on any atom is -0.444 e. The van der Waals surface area contributed by atoms with Gasteiger partial charge in [0, 0.05) is 6.54 Å². The summed E-state index contributed by atoms with van der Waals surface area (Å²) in [6.45, 7) is 5.25. The maximum absolute atomic E-state index is 5.52. The van der Waals surface area contributed by atoms with E-state index in [2.05, 4.69) is 21.4 Å². The van der Waals surface area contributed by atoms with E-state index in [0.29, 0.717) is 6.54 Å². The van der Waals surface area contributed by atoms with Gasteiger partial charge in [-0.1, -0.05) is 12.1 Å². The summed E-state index contributed by atoms with van der Waals surface area (Å²) in [5, 5.41) is 4.40. The summed E-state index contributed by atoms with van der Waals surface area (Å²) in [5.41, 5.74) is 2.02. The van der Waals surface area contributed by atoms with E-state index in [9.17, 15) is 0 Å². The summed E-state index contributed by atoms with van der Waals surface area (Å²) in [7, 11) is 0. The molecule has 0 saturated heterocycles. The van der Waals surface area contributed by atoms with Crippen LogP contribution in [-0.4, -0.2) is 9.97 Å². The molecule has 4 nitrogen and oxygen atoms in total. The summed E-state index contributed by atoms with van der Waals surface area (Å²) in [4.78, 5) is 8.91. The quantitative estimate of drug-likeness (QED) is 0.793. The molecule has 3 rings (SSSR count). The standard InChI is InChI=1S/C14H15N3OS/c1-9-10(2)18-13(16-9)7-15-8-14-17-11-5-3-4-6-12(11)19-14/h3-6,15H,7-8H2,1-2H3. The van der Waals surface area contributed by atoms with Crippen molar-refractivity contribution in [2.45, 2.75) is 26.9 Å². The summed E-state index contributed by atoms with van der Waals surface area (Å²) < 4.78 is 6.74. The molecule has 0 aliphatic rings. The second-order valence-electron chi connectivity index (χ2n) is 4.43. The lowest BCUT2D eigenvalue weighted by molar-refractivity contribution is 0.448. The Balaban J connectivity index is 1.63. The lowest BCUT2D eigenvalue weighted by Crippen LogP contribution is -2.12. The van der Waals surface area contributed by atoms with Gasteiger partial charge in [-0.15, -0.1) is 11.3 Å². The second kappa shape index (κ2) is 5.11. The lowest BCUT2D eigenvalue weighted by atomic mass is 10.3. The zero-order chi connectivity index (χ0) is 13.2. The molecule has 0 radical (unpaired) electrons. The topological polar surface area (TPSA) is 51.0 Å². The molecule has 1 aromatic carbocycles. The highest BCUT2D eigenvalue weighted by atomic mass is 32.1. The first-order valence-corrected chi connectivity index (χ1v) is 7.02. The van der Waals surface area contributed by atoms with E-state index in [0.717, 1.165) is 34.4 Å². The number of oxazole rings is 1. The molecule has 0 saturated carbocycles. The maximum atomic E-state index is 5.52. The highest BCUT2D eigenvalue weighted by Gasteiger charge is 2.06. The van der Waals surface area contributed by atoms with Crippen LogP contribution in [0.3, 0.4) is 0 Å². The molecule has 98 valence electrons. The predicted octanol–water partition coefficient (Wildman–Crippen LogP) is 3.19. The number of hydrogen-bond donors (Lipinski definition) is 1. The zero-order valence-electron chi connectivity index (χ0n) is 10.9. The SMILES string of the molecule is Cc1nc(CNCc2nc3ccccc3s2)oc1C. The molecule has 0 atom stereocenters. The van der Waals surface area contributed by atoms with Crippen LogP contribution in [-0.2, 0) is 13.1 Å². The second-order valence-corrected chi connectivity index (χ2v) is 5.54. The van der Waals surface area contributed by atoms with Crippen molar-refractivity contribution in [1.29, 1.82) is 0 Å². The summed E-state index contributed by atoms with van der Waals surface area (Å²) >= 11 is 1.72. The van der Waals surface area contributed by atoms with Crippen LogP contribution in [0.1, 0.15) is 22.4 Å². The molecule has 0 aliphatic heterocycles. The van der Waals surface area contributed by atoms with E-state index >= 15 is 0 Å². The molecule has 0 aliphatic carbocycles. The molecule has 19 heavy (non-hydrogen) atoms. The number of nitrogens with zero attached hydrogens (tertiary/aromatic N) is 2. The maximum Gasteiger partial charge on any atom is 0.208 e. The van der Waals surface area contributed by atoms with Gasteiger partial charge in [-0.05, 0) is 26.0 Å². The van der Waals surface area contributed by atoms with Gasteiger partial charge in [-0.3, -0.25) is 0 Å². The number of aromatic nitrogens is 2. The van der Waals surface area contributed by atoms with Gasteiger partial charge in [0.25, 0.3) is 0 Å². The molecule has 0 spiro atoms. The van der Waals surface area contributed by atoms with Crippen LogP contribution >= 0.6 is 11.3 Å². The highest BCUT2D eigenvalue weighted by Crippen LogP contribution is 2.21. The van der Waals surface area contributed by atoms with Gasteiger partial charge in [0.15, 0.2) is 0 Å². The third-order valence-electron chi connectivity index (χ3n) is 2.96. The normalized spacial score (nSPS) is 11.3. The Bertz CT molecular complexity index is 649. The van der Waals surface area contributed by atoms with E-state index < -0.39 is 0 Å². The molecule has 0 bridgehead atoms. The predicted molar refractivity (Wildman–Crippen MR) is 76.1 cm³/mol.